The third-order valence-electron chi connectivity index (χ3n) is 4.20. The Bertz CT molecular complexity index is 751. The van der Waals surface area contributed by atoms with E-state index >= 15 is 0 Å². The number of hydrogen-bond donors (Lipinski definition) is 0. The first kappa shape index (κ1) is 17.0. The molecule has 0 spiro atoms. The Morgan fingerprint density at radius 2 is 1.12 bits per heavy atom. The van der Waals surface area contributed by atoms with Gasteiger partial charge in [-0.25, -0.2) is 0 Å². The molecule has 0 N–H and O–H groups in total. The van der Waals surface area contributed by atoms with Gasteiger partial charge in [0.2, 0.25) is 0 Å². The summed E-state index contributed by atoms with van der Waals surface area (Å²) in [5.74, 6) is 0.104. The standard InChI is InChI=1S/C21H18Cl2O/c22-19-11-5-3-7-15(19)13-17-9-1-2-10-18(21(17)24)14-16-8-4-6-12-20(16)23/h3-8,11-14H,1-2,9-10H2. The molecule has 2 aromatic carbocycles. The van der Waals surface area contributed by atoms with Gasteiger partial charge < -0.3 is 0 Å². The molecule has 0 saturated heterocycles. The van der Waals surface area contributed by atoms with Crippen LogP contribution >= 0.6 is 23.2 Å². The van der Waals surface area contributed by atoms with Crippen molar-refractivity contribution in [2.75, 3.05) is 0 Å². The molecule has 0 unspecified atom stereocenters. The molecule has 0 radical (unpaired) electrons. The van der Waals surface area contributed by atoms with Crippen LogP contribution in [0.15, 0.2) is 59.7 Å². The van der Waals surface area contributed by atoms with Gasteiger partial charge >= 0.3 is 0 Å². The highest BCUT2D eigenvalue weighted by Gasteiger charge is 2.19. The van der Waals surface area contributed by atoms with Gasteiger partial charge in [0.25, 0.3) is 0 Å². The lowest BCUT2D eigenvalue weighted by Gasteiger charge is -2.07. The van der Waals surface area contributed by atoms with Crippen molar-refractivity contribution in [3.63, 3.8) is 0 Å². The number of ketones is 1. The van der Waals surface area contributed by atoms with Gasteiger partial charge in [0, 0.05) is 21.2 Å². The monoisotopic (exact) mass is 356 g/mol. The van der Waals surface area contributed by atoms with Crippen LogP contribution in [0.3, 0.4) is 0 Å². The van der Waals surface area contributed by atoms with E-state index in [1.54, 1.807) is 0 Å². The van der Waals surface area contributed by atoms with Crippen LogP contribution in [0, 0.1) is 0 Å². The van der Waals surface area contributed by atoms with Crippen molar-refractivity contribution in [1.82, 2.24) is 0 Å². The van der Waals surface area contributed by atoms with Crippen molar-refractivity contribution in [2.24, 2.45) is 0 Å². The van der Waals surface area contributed by atoms with E-state index in [9.17, 15) is 4.79 Å². The van der Waals surface area contributed by atoms with Crippen molar-refractivity contribution >= 4 is 41.1 Å². The van der Waals surface area contributed by atoms with Gasteiger partial charge in [-0.3, -0.25) is 4.79 Å². The Kier molecular flexibility index (Phi) is 5.55. The molecule has 24 heavy (non-hydrogen) atoms. The van der Waals surface area contributed by atoms with Gasteiger partial charge in [0.05, 0.1) is 0 Å². The van der Waals surface area contributed by atoms with E-state index in [0.29, 0.717) is 10.0 Å². The minimum Gasteiger partial charge on any atom is -0.289 e. The Labute approximate surface area is 152 Å². The molecule has 2 aromatic rings. The molecule has 122 valence electrons. The predicted molar refractivity (Wildman–Crippen MR) is 102 cm³/mol. The van der Waals surface area contributed by atoms with Crippen molar-refractivity contribution < 1.29 is 4.79 Å². The molecule has 0 aromatic heterocycles. The van der Waals surface area contributed by atoms with E-state index in [1.807, 2.05) is 60.7 Å². The second-order valence-corrected chi connectivity index (χ2v) is 6.73. The van der Waals surface area contributed by atoms with Gasteiger partial charge in [-0.05, 0) is 61.1 Å². The van der Waals surface area contributed by atoms with Crippen LogP contribution in [-0.2, 0) is 4.79 Å². The van der Waals surface area contributed by atoms with Crippen LogP contribution in [0.2, 0.25) is 10.0 Å². The number of benzene rings is 2. The molecule has 0 aliphatic heterocycles. The van der Waals surface area contributed by atoms with Crippen molar-refractivity contribution in [2.45, 2.75) is 25.7 Å². The Hall–Kier alpha value is -1.83. The lowest BCUT2D eigenvalue weighted by Crippen LogP contribution is -2.04. The van der Waals surface area contributed by atoms with Crippen LogP contribution in [0.1, 0.15) is 36.8 Å². The van der Waals surface area contributed by atoms with Gasteiger partial charge in [-0.15, -0.1) is 0 Å². The highest BCUT2D eigenvalue weighted by Crippen LogP contribution is 2.29. The summed E-state index contributed by atoms with van der Waals surface area (Å²) in [5, 5.41) is 1.33. The molecule has 0 amide bonds. The summed E-state index contributed by atoms with van der Waals surface area (Å²) in [6.45, 7) is 0. The summed E-state index contributed by atoms with van der Waals surface area (Å²) in [6.07, 6.45) is 7.42. The van der Waals surface area contributed by atoms with E-state index in [0.717, 1.165) is 48.0 Å². The summed E-state index contributed by atoms with van der Waals surface area (Å²) >= 11 is 12.5. The van der Waals surface area contributed by atoms with Crippen LogP contribution in [0.25, 0.3) is 12.2 Å². The quantitative estimate of drug-likeness (QED) is 0.437. The molecule has 1 aliphatic carbocycles. The fourth-order valence-corrected chi connectivity index (χ4v) is 3.28. The van der Waals surface area contributed by atoms with Crippen LogP contribution in [0.4, 0.5) is 0 Å². The van der Waals surface area contributed by atoms with Crippen molar-refractivity contribution in [3.05, 3.63) is 80.8 Å². The van der Waals surface area contributed by atoms with E-state index < -0.39 is 0 Å². The SMILES string of the molecule is O=C1C(=Cc2ccccc2Cl)CCCCC1=Cc1ccccc1Cl. The zero-order chi connectivity index (χ0) is 16.9. The molecule has 1 fully saturated rings. The molecule has 0 atom stereocenters. The number of rotatable bonds is 2. The van der Waals surface area contributed by atoms with Crippen molar-refractivity contribution in [3.8, 4) is 0 Å². The number of Topliss-reactive ketones (excluding diaryl/α,β-unsaturated/α-hetero) is 1. The van der Waals surface area contributed by atoms with E-state index in [1.165, 1.54) is 0 Å². The minimum atomic E-state index is 0.104. The summed E-state index contributed by atoms with van der Waals surface area (Å²) in [5.41, 5.74) is 3.42. The fraction of sp³-hybridized carbons (Fsp3) is 0.190. The third kappa shape index (κ3) is 3.98. The molecule has 3 rings (SSSR count). The zero-order valence-electron chi connectivity index (χ0n) is 13.3. The second-order valence-electron chi connectivity index (χ2n) is 5.92. The molecular formula is C21H18Cl2O. The normalized spacial score (nSPS) is 18.8. The minimum absolute atomic E-state index is 0.104. The maximum Gasteiger partial charge on any atom is 0.185 e. The Morgan fingerprint density at radius 3 is 1.54 bits per heavy atom. The predicted octanol–water partition coefficient (Wildman–Crippen LogP) is 6.60. The molecule has 1 aliphatic rings. The molecule has 1 saturated carbocycles. The van der Waals surface area contributed by atoms with E-state index in [-0.39, 0.29) is 5.78 Å². The average molecular weight is 357 g/mol. The molecular weight excluding hydrogens is 339 g/mol. The van der Waals surface area contributed by atoms with Gasteiger partial charge in [-0.1, -0.05) is 59.6 Å². The second kappa shape index (κ2) is 7.83. The topological polar surface area (TPSA) is 17.1 Å². The largest absolute Gasteiger partial charge is 0.289 e. The van der Waals surface area contributed by atoms with Gasteiger partial charge in [-0.2, -0.15) is 0 Å². The summed E-state index contributed by atoms with van der Waals surface area (Å²) in [6, 6.07) is 15.2. The van der Waals surface area contributed by atoms with Crippen LogP contribution in [0.5, 0.6) is 0 Å². The summed E-state index contributed by atoms with van der Waals surface area (Å²) < 4.78 is 0. The molecule has 0 bridgehead atoms. The highest BCUT2D eigenvalue weighted by molar-refractivity contribution is 6.32. The lowest BCUT2D eigenvalue weighted by atomic mass is 9.98. The number of carbonyl (C=O) groups excluding carboxylic acids is 1. The first-order valence-corrected chi connectivity index (χ1v) is 8.85. The fourth-order valence-electron chi connectivity index (χ4n) is 2.90. The van der Waals surface area contributed by atoms with E-state index in [4.69, 9.17) is 23.2 Å². The number of halogens is 2. The number of hydrogen-bond acceptors (Lipinski definition) is 1. The number of allylic oxidation sites excluding steroid dienone is 2. The molecule has 1 nitrogen and oxygen atoms in total. The third-order valence-corrected chi connectivity index (χ3v) is 4.88. The molecule has 0 heterocycles. The first-order chi connectivity index (χ1) is 11.6. The van der Waals surface area contributed by atoms with Crippen LogP contribution in [-0.4, -0.2) is 5.78 Å². The van der Waals surface area contributed by atoms with Crippen LogP contribution < -0.4 is 0 Å². The average Bonchev–Trinajstić information content (AvgIpc) is 2.75. The van der Waals surface area contributed by atoms with Gasteiger partial charge in [0.15, 0.2) is 5.78 Å². The van der Waals surface area contributed by atoms with Crippen molar-refractivity contribution in [1.29, 1.82) is 0 Å². The lowest BCUT2D eigenvalue weighted by molar-refractivity contribution is -0.112. The highest BCUT2D eigenvalue weighted by atomic mass is 35.5. The maximum atomic E-state index is 13.0. The Balaban J connectivity index is 1.97. The first-order valence-electron chi connectivity index (χ1n) is 8.10. The van der Waals surface area contributed by atoms with Gasteiger partial charge in [0.1, 0.15) is 0 Å². The zero-order valence-corrected chi connectivity index (χ0v) is 14.8. The summed E-state index contributed by atoms with van der Waals surface area (Å²) in [4.78, 5) is 13.0. The van der Waals surface area contributed by atoms with E-state index in [2.05, 4.69) is 0 Å². The molecule has 3 heteroatoms. The number of carbonyl (C=O) groups is 1. The maximum absolute atomic E-state index is 13.0. The Morgan fingerprint density at radius 1 is 0.708 bits per heavy atom. The summed E-state index contributed by atoms with van der Waals surface area (Å²) in [7, 11) is 0. The smallest absolute Gasteiger partial charge is 0.185 e.